The van der Waals surface area contributed by atoms with Crippen LogP contribution in [0.1, 0.15) is 32.8 Å². The van der Waals surface area contributed by atoms with Crippen molar-refractivity contribution in [3.63, 3.8) is 0 Å². The molecule has 4 atom stereocenters. The van der Waals surface area contributed by atoms with Crippen LogP contribution >= 0.6 is 11.8 Å². The van der Waals surface area contributed by atoms with Gasteiger partial charge in [0.25, 0.3) is 0 Å². The van der Waals surface area contributed by atoms with Crippen LogP contribution in [0.4, 0.5) is 0 Å². The zero-order valence-electron chi connectivity index (χ0n) is 12.3. The Hall–Kier alpha value is -0.470. The van der Waals surface area contributed by atoms with Crippen LogP contribution in [-0.2, 0) is 6.42 Å². The molecule has 104 valence electrons. The van der Waals surface area contributed by atoms with Crippen molar-refractivity contribution in [2.24, 2.45) is 11.8 Å². The van der Waals surface area contributed by atoms with E-state index in [1.54, 1.807) is 5.56 Å². The van der Waals surface area contributed by atoms with Crippen LogP contribution in [0.5, 0.6) is 0 Å². The Bertz CT molecular complexity index is 420. The highest BCUT2D eigenvalue weighted by Crippen LogP contribution is 2.38. The first kappa shape index (κ1) is 13.5. The number of fused-ring (bicyclic) bond motifs is 1. The second-order valence-electron chi connectivity index (χ2n) is 6.56. The number of rotatable bonds is 2. The summed E-state index contributed by atoms with van der Waals surface area (Å²) >= 11 is 2.09. The Morgan fingerprint density at radius 1 is 1.21 bits per heavy atom. The lowest BCUT2D eigenvalue weighted by Crippen LogP contribution is -2.48. The lowest BCUT2D eigenvalue weighted by Gasteiger charge is -2.42. The van der Waals surface area contributed by atoms with Gasteiger partial charge in [-0.1, -0.05) is 32.0 Å². The fourth-order valence-corrected chi connectivity index (χ4v) is 5.04. The van der Waals surface area contributed by atoms with Crippen molar-refractivity contribution in [1.82, 2.24) is 4.90 Å². The molecule has 0 radical (unpaired) electrons. The number of likely N-dealkylation sites (tertiary alicyclic amines) is 1. The molecule has 2 heteroatoms. The summed E-state index contributed by atoms with van der Waals surface area (Å²) in [7, 11) is 0. The van der Waals surface area contributed by atoms with E-state index in [4.69, 9.17) is 0 Å². The summed E-state index contributed by atoms with van der Waals surface area (Å²) in [6.07, 6.45) is 2.66. The van der Waals surface area contributed by atoms with E-state index in [9.17, 15) is 0 Å². The minimum Gasteiger partial charge on any atom is -0.299 e. The SMILES string of the molecule is CC1CC(C)C(C)N(CC2Cc3ccccc3S2)C1. The second-order valence-corrected chi connectivity index (χ2v) is 7.91. The molecule has 19 heavy (non-hydrogen) atoms. The van der Waals surface area contributed by atoms with Crippen molar-refractivity contribution < 1.29 is 0 Å². The Morgan fingerprint density at radius 2 is 2.00 bits per heavy atom. The van der Waals surface area contributed by atoms with E-state index in [0.717, 1.165) is 23.1 Å². The fourth-order valence-electron chi connectivity index (χ4n) is 3.69. The summed E-state index contributed by atoms with van der Waals surface area (Å²) in [6, 6.07) is 9.68. The number of piperidine rings is 1. The zero-order valence-corrected chi connectivity index (χ0v) is 13.1. The molecule has 4 unspecified atom stereocenters. The maximum Gasteiger partial charge on any atom is 0.0263 e. The third-order valence-electron chi connectivity index (χ3n) is 4.87. The van der Waals surface area contributed by atoms with Crippen LogP contribution in [-0.4, -0.2) is 29.3 Å². The van der Waals surface area contributed by atoms with E-state index in [1.165, 1.54) is 30.8 Å². The van der Waals surface area contributed by atoms with Gasteiger partial charge in [0, 0.05) is 29.3 Å². The van der Waals surface area contributed by atoms with Gasteiger partial charge < -0.3 is 0 Å². The second kappa shape index (κ2) is 5.49. The summed E-state index contributed by atoms with van der Waals surface area (Å²) in [4.78, 5) is 4.25. The molecule has 3 rings (SSSR count). The molecule has 0 saturated carbocycles. The lowest BCUT2D eigenvalue weighted by atomic mass is 9.86. The fraction of sp³-hybridized carbons (Fsp3) is 0.647. The Kier molecular flexibility index (Phi) is 3.91. The molecule has 1 nitrogen and oxygen atoms in total. The molecular formula is C17H25NS. The minimum atomic E-state index is 0.750. The van der Waals surface area contributed by atoms with Gasteiger partial charge in [0.05, 0.1) is 0 Å². The van der Waals surface area contributed by atoms with Crippen molar-refractivity contribution in [1.29, 1.82) is 0 Å². The van der Waals surface area contributed by atoms with Crippen LogP contribution in [0.2, 0.25) is 0 Å². The van der Waals surface area contributed by atoms with Gasteiger partial charge in [0.15, 0.2) is 0 Å². The number of nitrogens with zero attached hydrogens (tertiary/aromatic N) is 1. The van der Waals surface area contributed by atoms with Gasteiger partial charge in [0.2, 0.25) is 0 Å². The molecule has 1 fully saturated rings. The zero-order chi connectivity index (χ0) is 13.4. The predicted octanol–water partition coefficient (Wildman–Crippen LogP) is 4.07. The summed E-state index contributed by atoms with van der Waals surface area (Å²) in [5.74, 6) is 1.71. The standard InChI is InChI=1S/C17H25NS/c1-12-8-13(2)14(3)18(10-12)11-16-9-15-6-4-5-7-17(15)19-16/h4-7,12-14,16H,8-11H2,1-3H3. The van der Waals surface area contributed by atoms with Crippen molar-refractivity contribution in [3.8, 4) is 0 Å². The highest BCUT2D eigenvalue weighted by atomic mass is 32.2. The number of hydrogen-bond acceptors (Lipinski definition) is 2. The highest BCUT2D eigenvalue weighted by molar-refractivity contribution is 8.00. The average Bonchev–Trinajstić information content (AvgIpc) is 2.77. The van der Waals surface area contributed by atoms with Gasteiger partial charge in [-0.15, -0.1) is 11.8 Å². The van der Waals surface area contributed by atoms with E-state index < -0.39 is 0 Å². The predicted molar refractivity (Wildman–Crippen MR) is 83.8 cm³/mol. The molecule has 2 aliphatic rings. The molecule has 1 aromatic carbocycles. The van der Waals surface area contributed by atoms with Crippen molar-refractivity contribution >= 4 is 11.8 Å². The van der Waals surface area contributed by atoms with Gasteiger partial charge in [-0.05, 0) is 43.2 Å². The Morgan fingerprint density at radius 3 is 2.79 bits per heavy atom. The van der Waals surface area contributed by atoms with Crippen LogP contribution in [0.25, 0.3) is 0 Å². The third kappa shape index (κ3) is 2.85. The quantitative estimate of drug-likeness (QED) is 0.800. The molecule has 0 N–H and O–H groups in total. The molecule has 2 heterocycles. The Labute approximate surface area is 121 Å². The van der Waals surface area contributed by atoms with Crippen LogP contribution < -0.4 is 0 Å². The smallest absolute Gasteiger partial charge is 0.0263 e. The van der Waals surface area contributed by atoms with Gasteiger partial charge >= 0.3 is 0 Å². The normalized spacial score (nSPS) is 35.3. The van der Waals surface area contributed by atoms with E-state index in [0.29, 0.717) is 0 Å². The highest BCUT2D eigenvalue weighted by Gasteiger charge is 2.32. The van der Waals surface area contributed by atoms with Crippen LogP contribution in [0.3, 0.4) is 0 Å². The maximum absolute atomic E-state index is 2.74. The summed E-state index contributed by atoms with van der Waals surface area (Å²) < 4.78 is 0. The topological polar surface area (TPSA) is 3.24 Å². The molecule has 2 aliphatic heterocycles. The molecule has 0 spiro atoms. The van der Waals surface area contributed by atoms with E-state index in [2.05, 4.69) is 61.7 Å². The maximum atomic E-state index is 2.74. The first-order valence-corrected chi connectivity index (χ1v) is 8.50. The van der Waals surface area contributed by atoms with Crippen molar-refractivity contribution in [2.75, 3.05) is 13.1 Å². The van der Waals surface area contributed by atoms with Gasteiger partial charge in [0.1, 0.15) is 0 Å². The molecule has 1 aromatic rings. The van der Waals surface area contributed by atoms with Crippen LogP contribution in [0, 0.1) is 11.8 Å². The van der Waals surface area contributed by atoms with Gasteiger partial charge in [-0.3, -0.25) is 4.90 Å². The summed E-state index contributed by atoms with van der Waals surface area (Å²) in [5, 5.41) is 0.761. The first-order chi connectivity index (χ1) is 9.13. The molecule has 1 saturated heterocycles. The summed E-state index contributed by atoms with van der Waals surface area (Å²) in [5.41, 5.74) is 1.56. The Balaban J connectivity index is 1.64. The third-order valence-corrected chi connectivity index (χ3v) is 6.17. The van der Waals surface area contributed by atoms with E-state index >= 15 is 0 Å². The van der Waals surface area contributed by atoms with E-state index in [1.807, 2.05) is 0 Å². The van der Waals surface area contributed by atoms with Crippen molar-refractivity contribution in [2.45, 2.75) is 49.8 Å². The molecular weight excluding hydrogens is 250 g/mol. The van der Waals surface area contributed by atoms with Crippen molar-refractivity contribution in [3.05, 3.63) is 29.8 Å². The van der Waals surface area contributed by atoms with E-state index in [-0.39, 0.29) is 0 Å². The largest absolute Gasteiger partial charge is 0.299 e. The van der Waals surface area contributed by atoms with Gasteiger partial charge in [-0.2, -0.15) is 0 Å². The molecule has 0 aliphatic carbocycles. The monoisotopic (exact) mass is 275 g/mol. The first-order valence-electron chi connectivity index (χ1n) is 7.62. The van der Waals surface area contributed by atoms with Gasteiger partial charge in [-0.25, -0.2) is 0 Å². The van der Waals surface area contributed by atoms with Crippen LogP contribution in [0.15, 0.2) is 29.2 Å². The molecule has 0 amide bonds. The molecule has 0 bridgehead atoms. The number of hydrogen-bond donors (Lipinski definition) is 0. The minimum absolute atomic E-state index is 0.750. The summed E-state index contributed by atoms with van der Waals surface area (Å²) in [6.45, 7) is 9.80. The number of benzene rings is 1. The average molecular weight is 275 g/mol. The molecule has 0 aromatic heterocycles. The lowest BCUT2D eigenvalue weighted by molar-refractivity contribution is 0.0805. The number of thioether (sulfide) groups is 1.